The third-order valence-corrected chi connectivity index (χ3v) is 3.82. The molecule has 0 radical (unpaired) electrons. The molecular weight excluding hydrogens is 265 g/mol. The number of halogens is 1. The van der Waals surface area contributed by atoms with Crippen LogP contribution in [0.15, 0.2) is 24.3 Å². The average Bonchev–Trinajstić information content (AvgIpc) is 2.47. The molecule has 0 atom stereocenters. The van der Waals surface area contributed by atoms with Crippen molar-refractivity contribution in [2.75, 3.05) is 11.9 Å². The van der Waals surface area contributed by atoms with Gasteiger partial charge in [-0.05, 0) is 50.3 Å². The molecule has 21 heavy (non-hydrogen) atoms. The zero-order valence-electron chi connectivity index (χ0n) is 12.3. The third-order valence-electron chi connectivity index (χ3n) is 3.82. The van der Waals surface area contributed by atoms with E-state index in [9.17, 15) is 4.39 Å². The molecule has 1 aliphatic rings. The predicted octanol–water partition coefficient (Wildman–Crippen LogP) is 3.52. The van der Waals surface area contributed by atoms with Crippen LogP contribution in [0.25, 0.3) is 0 Å². The summed E-state index contributed by atoms with van der Waals surface area (Å²) in [7, 11) is 0. The third kappa shape index (κ3) is 3.20. The number of fused-ring (bicyclic) bond motifs is 1. The molecule has 3 nitrogen and oxygen atoms in total. The molecule has 1 heterocycles. The summed E-state index contributed by atoms with van der Waals surface area (Å²) in [5.41, 5.74) is 3.35. The van der Waals surface area contributed by atoms with Crippen molar-refractivity contribution in [2.45, 2.75) is 39.0 Å². The maximum absolute atomic E-state index is 13.3. The highest BCUT2D eigenvalue weighted by Gasteiger charge is 2.17. The number of nitrogens with one attached hydrogen (secondary N) is 1. The highest BCUT2D eigenvalue weighted by molar-refractivity contribution is 5.48. The molecule has 1 N–H and O–H groups in total. The number of rotatable bonds is 4. The van der Waals surface area contributed by atoms with Crippen LogP contribution in [-0.4, -0.2) is 16.5 Å². The molecule has 4 heteroatoms. The second kappa shape index (κ2) is 6.20. The molecule has 0 unspecified atom stereocenters. The number of hydrogen-bond acceptors (Lipinski definition) is 3. The van der Waals surface area contributed by atoms with Crippen molar-refractivity contribution in [1.82, 2.24) is 9.97 Å². The van der Waals surface area contributed by atoms with Gasteiger partial charge < -0.3 is 5.32 Å². The normalized spacial score (nSPS) is 13.8. The van der Waals surface area contributed by atoms with Crippen molar-refractivity contribution in [2.24, 2.45) is 0 Å². The average molecular weight is 285 g/mol. The second-order valence-corrected chi connectivity index (χ2v) is 5.46. The SMILES string of the molecule is CCNc1nc(Cc2cccc(F)c2)nc2c1CCCC2. The monoisotopic (exact) mass is 285 g/mol. The number of nitrogens with zero attached hydrogens (tertiary/aromatic N) is 2. The molecule has 0 spiro atoms. The van der Waals surface area contributed by atoms with Gasteiger partial charge in [-0.25, -0.2) is 14.4 Å². The summed E-state index contributed by atoms with van der Waals surface area (Å²) in [6.07, 6.45) is 5.04. The topological polar surface area (TPSA) is 37.8 Å². The first-order valence-electron chi connectivity index (χ1n) is 7.63. The maximum atomic E-state index is 13.3. The van der Waals surface area contributed by atoms with Crippen molar-refractivity contribution < 1.29 is 4.39 Å². The Balaban J connectivity index is 1.93. The van der Waals surface area contributed by atoms with Crippen LogP contribution >= 0.6 is 0 Å². The van der Waals surface area contributed by atoms with Crippen LogP contribution in [0, 0.1) is 5.82 Å². The molecule has 2 aromatic rings. The maximum Gasteiger partial charge on any atom is 0.135 e. The number of aromatic nitrogens is 2. The van der Waals surface area contributed by atoms with E-state index in [0.29, 0.717) is 6.42 Å². The Morgan fingerprint density at radius 2 is 2.05 bits per heavy atom. The molecule has 0 amide bonds. The van der Waals surface area contributed by atoms with Gasteiger partial charge in [0.05, 0.1) is 0 Å². The minimum atomic E-state index is -0.211. The summed E-state index contributed by atoms with van der Waals surface area (Å²) in [6.45, 7) is 2.92. The minimum absolute atomic E-state index is 0.211. The quantitative estimate of drug-likeness (QED) is 0.934. The number of benzene rings is 1. The van der Waals surface area contributed by atoms with Crippen molar-refractivity contribution in [3.8, 4) is 0 Å². The first-order valence-corrected chi connectivity index (χ1v) is 7.63. The fourth-order valence-corrected chi connectivity index (χ4v) is 2.87. The molecule has 1 aromatic carbocycles. The van der Waals surface area contributed by atoms with Gasteiger partial charge in [0.1, 0.15) is 17.5 Å². The molecule has 0 bridgehead atoms. The lowest BCUT2D eigenvalue weighted by molar-refractivity contribution is 0.625. The number of anilines is 1. The largest absolute Gasteiger partial charge is 0.370 e. The van der Waals surface area contributed by atoms with Crippen molar-refractivity contribution >= 4 is 5.82 Å². The van der Waals surface area contributed by atoms with Crippen molar-refractivity contribution in [3.05, 3.63) is 52.7 Å². The van der Waals surface area contributed by atoms with Crippen LogP contribution in [0.3, 0.4) is 0 Å². The Kier molecular flexibility index (Phi) is 4.13. The van der Waals surface area contributed by atoms with Gasteiger partial charge in [0.25, 0.3) is 0 Å². The Morgan fingerprint density at radius 3 is 2.86 bits per heavy atom. The fourth-order valence-electron chi connectivity index (χ4n) is 2.87. The highest BCUT2D eigenvalue weighted by Crippen LogP contribution is 2.26. The molecule has 110 valence electrons. The molecule has 0 fully saturated rings. The highest BCUT2D eigenvalue weighted by atomic mass is 19.1. The lowest BCUT2D eigenvalue weighted by Crippen LogP contribution is -2.15. The van der Waals surface area contributed by atoms with E-state index in [4.69, 9.17) is 4.98 Å². The molecule has 0 aliphatic heterocycles. The van der Waals surface area contributed by atoms with Crippen molar-refractivity contribution in [3.63, 3.8) is 0 Å². The molecule has 1 aliphatic carbocycles. The van der Waals surface area contributed by atoms with Gasteiger partial charge in [-0.1, -0.05) is 12.1 Å². The first-order chi connectivity index (χ1) is 10.3. The van der Waals surface area contributed by atoms with Crippen LogP contribution in [0.1, 0.15) is 42.4 Å². The fraction of sp³-hybridized carbons (Fsp3) is 0.412. The second-order valence-electron chi connectivity index (χ2n) is 5.46. The summed E-state index contributed by atoms with van der Waals surface area (Å²) in [5.74, 6) is 1.53. The summed E-state index contributed by atoms with van der Waals surface area (Å²) >= 11 is 0. The van der Waals surface area contributed by atoms with Gasteiger partial charge in [0, 0.05) is 24.2 Å². The lowest BCUT2D eigenvalue weighted by Gasteiger charge is -2.19. The van der Waals surface area contributed by atoms with E-state index in [1.54, 1.807) is 12.1 Å². The van der Waals surface area contributed by atoms with E-state index in [-0.39, 0.29) is 5.82 Å². The van der Waals surface area contributed by atoms with Gasteiger partial charge in [-0.2, -0.15) is 0 Å². The van der Waals surface area contributed by atoms with E-state index < -0.39 is 0 Å². The van der Waals surface area contributed by atoms with Crippen LogP contribution in [-0.2, 0) is 19.3 Å². The molecule has 0 saturated heterocycles. The molecule has 1 aromatic heterocycles. The standard InChI is InChI=1S/C17H20FN3/c1-2-19-17-14-8-3-4-9-15(14)20-16(21-17)11-12-6-5-7-13(18)10-12/h5-7,10H,2-4,8-9,11H2,1H3,(H,19,20,21). The van der Waals surface area contributed by atoms with Crippen LogP contribution in [0.2, 0.25) is 0 Å². The number of aryl methyl sites for hydroxylation is 1. The van der Waals surface area contributed by atoms with Crippen LogP contribution < -0.4 is 5.32 Å². The summed E-state index contributed by atoms with van der Waals surface area (Å²) in [5, 5.41) is 3.35. The Hall–Kier alpha value is -1.97. The van der Waals surface area contributed by atoms with Gasteiger partial charge in [-0.15, -0.1) is 0 Å². The number of hydrogen-bond donors (Lipinski definition) is 1. The summed E-state index contributed by atoms with van der Waals surface area (Å²) in [6, 6.07) is 6.66. The van der Waals surface area contributed by atoms with Gasteiger partial charge in [0.2, 0.25) is 0 Å². The smallest absolute Gasteiger partial charge is 0.135 e. The zero-order chi connectivity index (χ0) is 14.7. The first kappa shape index (κ1) is 14.0. The summed E-state index contributed by atoms with van der Waals surface area (Å²) in [4.78, 5) is 9.36. The van der Waals surface area contributed by atoms with E-state index in [1.165, 1.54) is 30.2 Å². The molecule has 3 rings (SSSR count). The minimum Gasteiger partial charge on any atom is -0.370 e. The predicted molar refractivity (Wildman–Crippen MR) is 82.0 cm³/mol. The zero-order valence-corrected chi connectivity index (χ0v) is 12.3. The van der Waals surface area contributed by atoms with Crippen molar-refractivity contribution in [1.29, 1.82) is 0 Å². The van der Waals surface area contributed by atoms with E-state index in [1.807, 2.05) is 6.07 Å². The Labute approximate surface area is 124 Å². The summed E-state index contributed by atoms with van der Waals surface area (Å²) < 4.78 is 13.3. The van der Waals surface area contributed by atoms with E-state index in [0.717, 1.165) is 36.6 Å². The van der Waals surface area contributed by atoms with E-state index in [2.05, 4.69) is 17.2 Å². The lowest BCUT2D eigenvalue weighted by atomic mass is 9.96. The van der Waals surface area contributed by atoms with Gasteiger partial charge in [0.15, 0.2) is 0 Å². The van der Waals surface area contributed by atoms with Gasteiger partial charge in [-0.3, -0.25) is 0 Å². The Bertz CT molecular complexity index is 640. The van der Waals surface area contributed by atoms with E-state index >= 15 is 0 Å². The molecular formula is C17H20FN3. The van der Waals surface area contributed by atoms with Crippen LogP contribution in [0.5, 0.6) is 0 Å². The van der Waals surface area contributed by atoms with Gasteiger partial charge >= 0.3 is 0 Å². The molecule has 0 saturated carbocycles. The van der Waals surface area contributed by atoms with Crippen LogP contribution in [0.4, 0.5) is 10.2 Å². The Morgan fingerprint density at radius 1 is 1.19 bits per heavy atom.